The number of hydrogen-bond donors (Lipinski definition) is 2. The molecule has 328 valence electrons. The van der Waals surface area contributed by atoms with Gasteiger partial charge in [-0.05, 0) is 128 Å². The Morgan fingerprint density at radius 2 is 1.66 bits per heavy atom. The van der Waals surface area contributed by atoms with Gasteiger partial charge in [0.25, 0.3) is 14.0 Å². The number of hydrogen-bond acceptors (Lipinski definition) is 10. The van der Waals surface area contributed by atoms with Gasteiger partial charge in [-0.25, -0.2) is 4.90 Å². The van der Waals surface area contributed by atoms with Crippen LogP contribution in [0.1, 0.15) is 51.3 Å². The molecule has 2 amide bonds. The molecular weight excluding hydrogens is 940 g/mol. The molecule has 0 bridgehead atoms. The van der Waals surface area contributed by atoms with E-state index >= 15 is 0 Å². The van der Waals surface area contributed by atoms with E-state index in [0.717, 1.165) is 43.3 Å². The number of carbonyl (C=O) groups excluding carboxylic acids is 2. The Morgan fingerprint density at radius 1 is 0.969 bits per heavy atom. The maximum Gasteiger partial charge on any atom is 0.455 e. The third-order valence-electron chi connectivity index (χ3n) is 12.8. The quantitative estimate of drug-likeness (QED) is 0.0294. The summed E-state index contributed by atoms with van der Waals surface area (Å²) in [6, 6.07) is 35.5. The first-order valence-electron chi connectivity index (χ1n) is 21.3. The number of methoxy groups -OCH3 is 1. The Labute approximate surface area is 387 Å². The highest BCUT2D eigenvalue weighted by Gasteiger charge is 2.58. The summed E-state index contributed by atoms with van der Waals surface area (Å²) in [5, 5.41) is 35.8. The number of ether oxygens (including phenoxy) is 1. The Balaban J connectivity index is 1.24. The topological polar surface area (TPSA) is 162 Å². The minimum absolute atomic E-state index is 0.0506. The molecule has 2 fully saturated rings. The van der Waals surface area contributed by atoms with E-state index in [4.69, 9.17) is 13.8 Å². The van der Waals surface area contributed by atoms with Gasteiger partial charge in [0.2, 0.25) is 11.8 Å². The summed E-state index contributed by atoms with van der Waals surface area (Å²) in [7, 11) is -2.85. The van der Waals surface area contributed by atoms with Crippen molar-refractivity contribution < 1.29 is 38.5 Å². The SMILES string of the molecule is COc1cc(/C=C(/CC[C@H]2OB(O)C[C@H]3C2=C(CO[Si](c2ccccc2)(c2ccccc2)C(C)(C)C)C[C@H]2C(=O)N(c4cccc([N+](=O)[O-])c4)C(=O)[C@H]23)c2ccccn2)cc(I)c1O. The lowest BCUT2D eigenvalue weighted by Gasteiger charge is -2.46. The van der Waals surface area contributed by atoms with Crippen molar-refractivity contribution >= 4 is 83.2 Å². The normalized spacial score (nSPS) is 20.3. The van der Waals surface area contributed by atoms with Crippen LogP contribution in [0.5, 0.6) is 11.5 Å². The predicted molar refractivity (Wildman–Crippen MR) is 258 cm³/mol. The van der Waals surface area contributed by atoms with Crippen LogP contribution in [0.25, 0.3) is 11.6 Å². The van der Waals surface area contributed by atoms with Crippen LogP contribution in [0.2, 0.25) is 11.4 Å². The van der Waals surface area contributed by atoms with Gasteiger partial charge in [0.1, 0.15) is 0 Å². The number of rotatable bonds is 13. The highest BCUT2D eigenvalue weighted by Crippen LogP contribution is 2.52. The van der Waals surface area contributed by atoms with E-state index in [1.807, 2.05) is 66.7 Å². The number of carbonyl (C=O) groups is 2. The number of non-ortho nitro benzene ring substituents is 1. The molecule has 3 heterocycles. The summed E-state index contributed by atoms with van der Waals surface area (Å²) in [6.07, 6.45) is 4.15. The van der Waals surface area contributed by atoms with Crippen molar-refractivity contribution in [2.75, 3.05) is 18.6 Å². The third-order valence-corrected chi connectivity index (χ3v) is 18.6. The lowest BCUT2D eigenvalue weighted by atomic mass is 9.58. The first kappa shape index (κ1) is 45.1. The summed E-state index contributed by atoms with van der Waals surface area (Å²) in [5.74, 6) is -2.72. The molecule has 3 aliphatic rings. The van der Waals surface area contributed by atoms with Crippen molar-refractivity contribution in [3.63, 3.8) is 0 Å². The number of halogens is 1. The highest BCUT2D eigenvalue weighted by atomic mass is 127. The molecule has 2 saturated heterocycles. The summed E-state index contributed by atoms with van der Waals surface area (Å²) < 4.78 is 20.1. The van der Waals surface area contributed by atoms with E-state index in [1.54, 1.807) is 18.3 Å². The highest BCUT2D eigenvalue weighted by molar-refractivity contribution is 14.1. The van der Waals surface area contributed by atoms with Crippen LogP contribution >= 0.6 is 22.6 Å². The number of fused-ring (bicyclic) bond motifs is 3. The van der Waals surface area contributed by atoms with Crippen molar-refractivity contribution in [3.05, 3.63) is 158 Å². The second kappa shape index (κ2) is 18.6. The Hall–Kier alpha value is -5.46. The van der Waals surface area contributed by atoms with E-state index in [0.29, 0.717) is 22.2 Å². The van der Waals surface area contributed by atoms with Crippen LogP contribution in [0.3, 0.4) is 0 Å². The smallest absolute Gasteiger partial charge is 0.455 e. The maximum atomic E-state index is 14.7. The monoisotopic (exact) mass is 989 g/mol. The fourth-order valence-electron chi connectivity index (χ4n) is 10.0. The Morgan fingerprint density at radius 3 is 2.28 bits per heavy atom. The molecule has 0 spiro atoms. The molecular formula is C49H49BIN3O9Si. The number of nitro groups is 1. The molecule has 0 saturated carbocycles. The third kappa shape index (κ3) is 8.58. The van der Waals surface area contributed by atoms with Gasteiger partial charge in [-0.1, -0.05) is 93.6 Å². The molecule has 4 atom stereocenters. The Kier molecular flexibility index (Phi) is 13.1. The fraction of sp³-hybridized carbons (Fsp3) is 0.286. The van der Waals surface area contributed by atoms with Gasteiger partial charge >= 0.3 is 7.12 Å². The standard InChI is InChI=1S/C49H49BIN3O9Si/c1-49(2,3)64(36-16-7-5-8-17-36,37-18-9-6-10-19-37)62-30-33-27-38-45(48(57)53(47(38)56)34-14-13-15-35(28-34)54(59)60)39-29-50(58)63-42(44(33)39)22-21-32(41-20-11-12-23-52-41)24-31-25-40(51)46(55)43(26-31)61-4/h5-20,23-26,28,38-39,42,45,55,58H,21-22,27,29-30H2,1-4H3/b32-24-/t38-,39+,42-,45-/m1/s1. The van der Waals surface area contributed by atoms with E-state index < -0.39 is 56.0 Å². The minimum atomic E-state index is -3.11. The average molecular weight is 990 g/mol. The molecule has 15 heteroatoms. The molecule has 2 N–H and O–H groups in total. The number of aromatic nitrogens is 1. The number of nitro benzene ring substituents is 1. The van der Waals surface area contributed by atoms with Gasteiger partial charge in [-0.15, -0.1) is 0 Å². The number of benzene rings is 4. The van der Waals surface area contributed by atoms with Crippen LogP contribution < -0.4 is 20.0 Å². The van der Waals surface area contributed by atoms with Gasteiger partial charge in [-0.3, -0.25) is 24.7 Å². The van der Waals surface area contributed by atoms with Gasteiger partial charge in [0, 0.05) is 18.3 Å². The van der Waals surface area contributed by atoms with Crippen LogP contribution in [0.15, 0.2) is 133 Å². The van der Waals surface area contributed by atoms with Crippen molar-refractivity contribution in [3.8, 4) is 11.5 Å². The number of phenols is 1. The second-order valence-corrected chi connectivity index (χ2v) is 23.0. The van der Waals surface area contributed by atoms with E-state index in [-0.39, 0.29) is 41.5 Å². The number of allylic oxidation sites excluding steroid dienone is 1. The molecule has 0 radical (unpaired) electrons. The van der Waals surface area contributed by atoms with Crippen LogP contribution in [0, 0.1) is 31.4 Å². The summed E-state index contributed by atoms with van der Waals surface area (Å²) in [4.78, 5) is 46.3. The van der Waals surface area contributed by atoms with Crippen molar-refractivity contribution in [1.82, 2.24) is 4.98 Å². The van der Waals surface area contributed by atoms with E-state index in [1.165, 1.54) is 25.3 Å². The number of pyridine rings is 1. The zero-order valence-electron chi connectivity index (χ0n) is 36.0. The lowest BCUT2D eigenvalue weighted by molar-refractivity contribution is -0.384. The molecule has 4 aromatic carbocycles. The average Bonchev–Trinajstić information content (AvgIpc) is 3.54. The molecule has 8 rings (SSSR count). The zero-order valence-corrected chi connectivity index (χ0v) is 39.2. The number of imide groups is 1. The minimum Gasteiger partial charge on any atom is -0.504 e. The van der Waals surface area contributed by atoms with E-state index in [2.05, 4.69) is 72.6 Å². The van der Waals surface area contributed by atoms with Gasteiger partial charge in [0.15, 0.2) is 11.5 Å². The fourth-order valence-corrected chi connectivity index (χ4v) is 15.2. The molecule has 12 nitrogen and oxygen atoms in total. The van der Waals surface area contributed by atoms with Crippen molar-refractivity contribution in [1.29, 1.82) is 0 Å². The van der Waals surface area contributed by atoms with E-state index in [9.17, 15) is 29.8 Å². The molecule has 1 aromatic heterocycles. The van der Waals surface area contributed by atoms with Crippen LogP contribution in [-0.4, -0.2) is 67.1 Å². The van der Waals surface area contributed by atoms with Gasteiger partial charge in [-0.2, -0.15) is 0 Å². The molecule has 1 aliphatic carbocycles. The number of anilines is 1. The molecule has 2 aliphatic heterocycles. The largest absolute Gasteiger partial charge is 0.504 e. The zero-order chi connectivity index (χ0) is 45.3. The Bertz CT molecular complexity index is 2590. The first-order chi connectivity index (χ1) is 30.7. The number of aromatic hydroxyl groups is 1. The van der Waals surface area contributed by atoms with Crippen LogP contribution in [-0.2, 0) is 18.7 Å². The van der Waals surface area contributed by atoms with Crippen molar-refractivity contribution in [2.45, 2.75) is 57.5 Å². The molecule has 64 heavy (non-hydrogen) atoms. The number of amides is 2. The van der Waals surface area contributed by atoms with Crippen molar-refractivity contribution in [2.24, 2.45) is 17.8 Å². The molecule has 5 aromatic rings. The van der Waals surface area contributed by atoms with Crippen LogP contribution in [0.4, 0.5) is 11.4 Å². The predicted octanol–water partition coefficient (Wildman–Crippen LogP) is 8.21. The lowest BCUT2D eigenvalue weighted by Crippen LogP contribution is -2.66. The molecule has 0 unspecified atom stereocenters. The van der Waals surface area contributed by atoms with Gasteiger partial charge < -0.3 is 23.9 Å². The number of nitrogens with zero attached hydrogens (tertiary/aromatic N) is 3. The van der Waals surface area contributed by atoms with Gasteiger partial charge in [0.05, 0.1) is 51.5 Å². The summed E-state index contributed by atoms with van der Waals surface area (Å²) in [5.41, 5.74) is 3.98. The second-order valence-electron chi connectivity index (χ2n) is 17.5. The summed E-state index contributed by atoms with van der Waals surface area (Å²) >= 11 is 2.07. The summed E-state index contributed by atoms with van der Waals surface area (Å²) in [6.45, 7) is 6.74. The maximum absolute atomic E-state index is 14.7. The number of phenolic OH excluding ortho intramolecular Hbond substituents is 1. The first-order valence-corrected chi connectivity index (χ1v) is 24.3.